The highest BCUT2D eigenvalue weighted by Gasteiger charge is 2.16. The van der Waals surface area contributed by atoms with Crippen LogP contribution in [0.4, 0.5) is 0 Å². The molecule has 0 aliphatic carbocycles. The summed E-state index contributed by atoms with van der Waals surface area (Å²) in [6.45, 7) is 4.69. The number of nitrogens with one attached hydrogen (secondary N) is 1. The Morgan fingerprint density at radius 1 is 1.26 bits per heavy atom. The lowest BCUT2D eigenvalue weighted by atomic mass is 9.97. The first-order chi connectivity index (χ1) is 9.36. The third kappa shape index (κ3) is 2.89. The van der Waals surface area contributed by atoms with Crippen LogP contribution in [0.2, 0.25) is 0 Å². The molecule has 0 bridgehead atoms. The zero-order chi connectivity index (χ0) is 13.1. The van der Waals surface area contributed by atoms with Gasteiger partial charge >= 0.3 is 0 Å². The lowest BCUT2D eigenvalue weighted by molar-refractivity contribution is 0.134. The SMILES string of the molecule is CCNC(Cc1ccsc1)c1ccc2c(c1)COC2. The van der Waals surface area contributed by atoms with Gasteiger partial charge in [-0.2, -0.15) is 11.3 Å². The van der Waals surface area contributed by atoms with Crippen molar-refractivity contribution in [3.05, 3.63) is 57.3 Å². The van der Waals surface area contributed by atoms with Gasteiger partial charge in [0.1, 0.15) is 0 Å². The van der Waals surface area contributed by atoms with E-state index in [4.69, 9.17) is 4.74 Å². The van der Waals surface area contributed by atoms with Crippen molar-refractivity contribution < 1.29 is 4.74 Å². The number of rotatable bonds is 5. The predicted molar refractivity (Wildman–Crippen MR) is 79.4 cm³/mol. The molecule has 2 heterocycles. The summed E-state index contributed by atoms with van der Waals surface area (Å²) in [6, 6.07) is 9.38. The van der Waals surface area contributed by atoms with Gasteiger partial charge in [-0.1, -0.05) is 25.1 Å². The van der Waals surface area contributed by atoms with Gasteiger partial charge in [-0.05, 0) is 52.0 Å². The second-order valence-corrected chi connectivity index (χ2v) is 5.75. The van der Waals surface area contributed by atoms with Gasteiger partial charge in [0.25, 0.3) is 0 Å². The molecule has 1 unspecified atom stereocenters. The molecule has 2 aromatic rings. The Bertz CT molecular complexity index is 536. The van der Waals surface area contributed by atoms with Crippen LogP contribution in [0.1, 0.15) is 35.2 Å². The van der Waals surface area contributed by atoms with E-state index >= 15 is 0 Å². The molecular formula is C16H19NOS. The Morgan fingerprint density at radius 3 is 2.95 bits per heavy atom. The quantitative estimate of drug-likeness (QED) is 0.897. The molecule has 3 heteroatoms. The molecule has 1 aromatic carbocycles. The van der Waals surface area contributed by atoms with Gasteiger partial charge in [-0.15, -0.1) is 0 Å². The fraction of sp³-hybridized carbons (Fsp3) is 0.375. The monoisotopic (exact) mass is 273 g/mol. The lowest BCUT2D eigenvalue weighted by Crippen LogP contribution is -2.23. The van der Waals surface area contributed by atoms with Crippen molar-refractivity contribution in [1.82, 2.24) is 5.32 Å². The third-order valence-corrected chi connectivity index (χ3v) is 4.35. The maximum absolute atomic E-state index is 5.50. The molecule has 0 fully saturated rings. The average molecular weight is 273 g/mol. The Labute approximate surface area is 118 Å². The molecule has 1 atom stereocenters. The van der Waals surface area contributed by atoms with Crippen LogP contribution < -0.4 is 5.32 Å². The second kappa shape index (κ2) is 5.87. The fourth-order valence-electron chi connectivity index (χ4n) is 2.61. The minimum atomic E-state index is 0.394. The molecule has 0 spiro atoms. The predicted octanol–water partition coefficient (Wildman–Crippen LogP) is 3.67. The van der Waals surface area contributed by atoms with Crippen LogP contribution in [0.25, 0.3) is 0 Å². The summed E-state index contributed by atoms with van der Waals surface area (Å²) in [7, 11) is 0. The Morgan fingerprint density at radius 2 is 2.16 bits per heavy atom. The van der Waals surface area contributed by atoms with Crippen LogP contribution in [0, 0.1) is 0 Å². The highest BCUT2D eigenvalue weighted by molar-refractivity contribution is 7.07. The van der Waals surface area contributed by atoms with Crippen molar-refractivity contribution in [3.8, 4) is 0 Å². The van der Waals surface area contributed by atoms with Crippen LogP contribution in [0.5, 0.6) is 0 Å². The van der Waals surface area contributed by atoms with Crippen LogP contribution in [-0.2, 0) is 24.4 Å². The molecule has 1 aliphatic rings. The number of hydrogen-bond donors (Lipinski definition) is 1. The van der Waals surface area contributed by atoms with Crippen LogP contribution in [0.15, 0.2) is 35.0 Å². The van der Waals surface area contributed by atoms with Gasteiger partial charge in [0.2, 0.25) is 0 Å². The largest absolute Gasteiger partial charge is 0.372 e. The Hall–Kier alpha value is -1.16. The van der Waals surface area contributed by atoms with Gasteiger partial charge < -0.3 is 10.1 Å². The first-order valence-electron chi connectivity index (χ1n) is 6.80. The standard InChI is InChI=1S/C16H19NOS/c1-2-17-16(7-12-5-6-19-11-12)13-3-4-14-9-18-10-15(14)8-13/h3-6,8,11,16-17H,2,7,9-10H2,1H3. The van der Waals surface area contributed by atoms with E-state index in [1.165, 1.54) is 22.3 Å². The van der Waals surface area contributed by atoms with E-state index in [2.05, 4.69) is 47.3 Å². The van der Waals surface area contributed by atoms with Crippen LogP contribution in [0.3, 0.4) is 0 Å². The first-order valence-corrected chi connectivity index (χ1v) is 7.75. The van der Waals surface area contributed by atoms with Gasteiger partial charge in [0.05, 0.1) is 13.2 Å². The van der Waals surface area contributed by atoms with Crippen molar-refractivity contribution in [1.29, 1.82) is 0 Å². The summed E-state index contributed by atoms with van der Waals surface area (Å²) >= 11 is 1.77. The number of fused-ring (bicyclic) bond motifs is 1. The molecule has 1 aromatic heterocycles. The summed E-state index contributed by atoms with van der Waals surface area (Å²) in [5.41, 5.74) is 5.48. The van der Waals surface area contributed by atoms with E-state index in [0.29, 0.717) is 6.04 Å². The van der Waals surface area contributed by atoms with Crippen LogP contribution >= 0.6 is 11.3 Å². The fourth-order valence-corrected chi connectivity index (χ4v) is 3.29. The zero-order valence-corrected chi connectivity index (χ0v) is 12.0. The lowest BCUT2D eigenvalue weighted by Gasteiger charge is -2.18. The first kappa shape index (κ1) is 12.9. The third-order valence-electron chi connectivity index (χ3n) is 3.62. The molecule has 19 heavy (non-hydrogen) atoms. The highest BCUT2D eigenvalue weighted by atomic mass is 32.1. The van der Waals surface area contributed by atoms with E-state index in [-0.39, 0.29) is 0 Å². The highest BCUT2D eigenvalue weighted by Crippen LogP contribution is 2.26. The topological polar surface area (TPSA) is 21.3 Å². The van der Waals surface area contributed by atoms with E-state index in [9.17, 15) is 0 Å². The summed E-state index contributed by atoms with van der Waals surface area (Å²) in [5.74, 6) is 0. The molecular weight excluding hydrogens is 254 g/mol. The van der Waals surface area contributed by atoms with E-state index in [1.807, 2.05) is 0 Å². The molecule has 100 valence electrons. The van der Waals surface area contributed by atoms with E-state index in [1.54, 1.807) is 11.3 Å². The number of hydrogen-bond acceptors (Lipinski definition) is 3. The van der Waals surface area contributed by atoms with Crippen molar-refractivity contribution in [2.75, 3.05) is 6.54 Å². The molecule has 0 saturated heterocycles. The molecule has 1 aliphatic heterocycles. The summed E-state index contributed by atoms with van der Waals surface area (Å²) in [5, 5.41) is 7.98. The molecule has 0 radical (unpaired) electrons. The molecule has 2 nitrogen and oxygen atoms in total. The van der Waals surface area contributed by atoms with Crippen LogP contribution in [-0.4, -0.2) is 6.54 Å². The van der Waals surface area contributed by atoms with Crippen molar-refractivity contribution >= 4 is 11.3 Å². The minimum absolute atomic E-state index is 0.394. The Balaban J connectivity index is 1.83. The molecule has 1 N–H and O–H groups in total. The molecule has 3 rings (SSSR count). The molecule has 0 amide bonds. The zero-order valence-electron chi connectivity index (χ0n) is 11.2. The van der Waals surface area contributed by atoms with Gasteiger partial charge in [0.15, 0.2) is 0 Å². The van der Waals surface area contributed by atoms with Gasteiger partial charge in [-0.3, -0.25) is 0 Å². The number of thiophene rings is 1. The number of ether oxygens (including phenoxy) is 1. The number of likely N-dealkylation sites (N-methyl/N-ethyl adjacent to an activating group) is 1. The number of benzene rings is 1. The van der Waals surface area contributed by atoms with E-state index in [0.717, 1.165) is 26.2 Å². The van der Waals surface area contributed by atoms with E-state index < -0.39 is 0 Å². The van der Waals surface area contributed by atoms with Crippen molar-refractivity contribution in [2.45, 2.75) is 32.6 Å². The van der Waals surface area contributed by atoms with Crippen molar-refractivity contribution in [3.63, 3.8) is 0 Å². The summed E-state index contributed by atoms with van der Waals surface area (Å²) < 4.78 is 5.50. The second-order valence-electron chi connectivity index (χ2n) is 4.97. The average Bonchev–Trinajstić information content (AvgIpc) is 3.08. The normalized spacial score (nSPS) is 15.4. The maximum atomic E-state index is 5.50. The minimum Gasteiger partial charge on any atom is -0.372 e. The van der Waals surface area contributed by atoms with Gasteiger partial charge in [0, 0.05) is 6.04 Å². The molecule has 0 saturated carbocycles. The smallest absolute Gasteiger partial charge is 0.0725 e. The summed E-state index contributed by atoms with van der Waals surface area (Å²) in [6.07, 6.45) is 1.05. The van der Waals surface area contributed by atoms with Crippen molar-refractivity contribution in [2.24, 2.45) is 0 Å². The summed E-state index contributed by atoms with van der Waals surface area (Å²) in [4.78, 5) is 0. The maximum Gasteiger partial charge on any atom is 0.0725 e. The Kier molecular flexibility index (Phi) is 3.97. The van der Waals surface area contributed by atoms with Gasteiger partial charge in [-0.25, -0.2) is 0 Å².